The first-order chi connectivity index (χ1) is 15.7. The fourth-order valence-electron chi connectivity index (χ4n) is 3.94. The molecule has 2 aliphatic rings. The number of anilines is 1. The summed E-state index contributed by atoms with van der Waals surface area (Å²) in [5, 5.41) is 6.61. The summed E-state index contributed by atoms with van der Waals surface area (Å²) >= 11 is 0. The van der Waals surface area contributed by atoms with Gasteiger partial charge < -0.3 is 25.0 Å². The van der Waals surface area contributed by atoms with E-state index >= 15 is 0 Å². The van der Waals surface area contributed by atoms with Crippen molar-refractivity contribution in [1.29, 1.82) is 0 Å². The van der Waals surface area contributed by atoms with Gasteiger partial charge >= 0.3 is 0 Å². The van der Waals surface area contributed by atoms with Gasteiger partial charge in [-0.05, 0) is 56.0 Å². The van der Waals surface area contributed by atoms with Crippen molar-refractivity contribution in [2.24, 2.45) is 4.99 Å². The minimum atomic E-state index is 0.118. The molecule has 0 atom stereocenters. The van der Waals surface area contributed by atoms with Crippen LogP contribution < -0.4 is 20.1 Å². The van der Waals surface area contributed by atoms with Crippen molar-refractivity contribution in [3.8, 4) is 11.5 Å². The second kappa shape index (κ2) is 10.9. The molecule has 7 heteroatoms. The molecule has 2 aromatic carbocycles. The molecule has 1 fully saturated rings. The van der Waals surface area contributed by atoms with Crippen LogP contribution in [0.15, 0.2) is 47.5 Å². The monoisotopic (exact) mass is 436 g/mol. The third kappa shape index (κ3) is 5.72. The average Bonchev–Trinajstić information content (AvgIpc) is 3.08. The van der Waals surface area contributed by atoms with Gasteiger partial charge in [0.15, 0.2) is 17.5 Å². The van der Waals surface area contributed by atoms with Crippen LogP contribution in [0.3, 0.4) is 0 Å². The molecule has 2 heterocycles. The molecule has 0 radical (unpaired) electrons. The van der Waals surface area contributed by atoms with Crippen molar-refractivity contribution < 1.29 is 14.3 Å². The van der Waals surface area contributed by atoms with Crippen LogP contribution in [0.5, 0.6) is 11.5 Å². The Morgan fingerprint density at radius 2 is 1.81 bits per heavy atom. The molecule has 0 saturated carbocycles. The van der Waals surface area contributed by atoms with Crippen LogP contribution in [0.1, 0.15) is 48.5 Å². The number of ether oxygens (including phenoxy) is 2. The lowest BCUT2D eigenvalue weighted by molar-refractivity contribution is 0.0724. The van der Waals surface area contributed by atoms with E-state index in [1.807, 2.05) is 54.3 Å². The molecule has 2 N–H and O–H groups in total. The number of nitrogens with zero attached hydrogens (tertiary/aromatic N) is 2. The van der Waals surface area contributed by atoms with Crippen LogP contribution in [0.25, 0.3) is 0 Å². The van der Waals surface area contributed by atoms with E-state index in [9.17, 15) is 4.79 Å². The van der Waals surface area contributed by atoms with Gasteiger partial charge in [-0.1, -0.05) is 12.1 Å². The van der Waals surface area contributed by atoms with Gasteiger partial charge in [0.25, 0.3) is 5.91 Å². The molecule has 2 aliphatic heterocycles. The van der Waals surface area contributed by atoms with Crippen LogP contribution in [-0.2, 0) is 6.54 Å². The molecular formula is C25H32N4O3. The first-order valence-electron chi connectivity index (χ1n) is 11.6. The number of aliphatic imine (C=N–C) groups is 1. The lowest BCUT2D eigenvalue weighted by atomic mass is 10.1. The van der Waals surface area contributed by atoms with Crippen LogP contribution in [0.4, 0.5) is 5.69 Å². The van der Waals surface area contributed by atoms with Crippen molar-refractivity contribution in [2.45, 2.75) is 39.2 Å². The molecule has 4 rings (SSSR count). The normalized spacial score (nSPS) is 16.3. The summed E-state index contributed by atoms with van der Waals surface area (Å²) in [6, 6.07) is 13.6. The number of nitrogens with one attached hydrogen (secondary N) is 2. The Labute approximate surface area is 189 Å². The summed E-state index contributed by atoms with van der Waals surface area (Å²) in [5.74, 6) is 2.31. The Kier molecular flexibility index (Phi) is 7.48. The molecule has 170 valence electrons. The van der Waals surface area contributed by atoms with Crippen molar-refractivity contribution in [3.05, 3.63) is 53.6 Å². The van der Waals surface area contributed by atoms with Crippen LogP contribution in [0.2, 0.25) is 0 Å². The summed E-state index contributed by atoms with van der Waals surface area (Å²) in [7, 11) is 0. The first kappa shape index (κ1) is 22.0. The molecule has 1 amide bonds. The van der Waals surface area contributed by atoms with E-state index in [0.29, 0.717) is 25.7 Å². The van der Waals surface area contributed by atoms with Gasteiger partial charge in [-0.15, -0.1) is 0 Å². The second-order valence-electron chi connectivity index (χ2n) is 8.09. The van der Waals surface area contributed by atoms with Gasteiger partial charge in [0.2, 0.25) is 0 Å². The number of rotatable bonds is 5. The fourth-order valence-corrected chi connectivity index (χ4v) is 3.94. The van der Waals surface area contributed by atoms with Gasteiger partial charge in [-0.3, -0.25) is 4.79 Å². The number of carbonyl (C=O) groups is 1. The summed E-state index contributed by atoms with van der Waals surface area (Å²) in [5.41, 5.74) is 2.62. The largest absolute Gasteiger partial charge is 0.490 e. The van der Waals surface area contributed by atoms with E-state index < -0.39 is 0 Å². The van der Waals surface area contributed by atoms with E-state index in [1.54, 1.807) is 0 Å². The Balaban J connectivity index is 1.44. The maximum Gasteiger partial charge on any atom is 0.253 e. The molecule has 1 saturated heterocycles. The highest BCUT2D eigenvalue weighted by atomic mass is 16.5. The van der Waals surface area contributed by atoms with E-state index in [1.165, 1.54) is 6.42 Å². The van der Waals surface area contributed by atoms with Gasteiger partial charge in [-0.2, -0.15) is 0 Å². The van der Waals surface area contributed by atoms with E-state index in [4.69, 9.17) is 14.5 Å². The van der Waals surface area contributed by atoms with E-state index in [2.05, 4.69) is 10.6 Å². The Hall–Kier alpha value is -3.22. The van der Waals surface area contributed by atoms with Crippen LogP contribution >= 0.6 is 0 Å². The molecule has 0 unspecified atom stereocenters. The predicted octanol–water partition coefficient (Wildman–Crippen LogP) is 4.05. The van der Waals surface area contributed by atoms with Gasteiger partial charge in [0, 0.05) is 43.4 Å². The topological polar surface area (TPSA) is 75.2 Å². The van der Waals surface area contributed by atoms with Crippen molar-refractivity contribution in [3.63, 3.8) is 0 Å². The van der Waals surface area contributed by atoms with E-state index in [0.717, 1.165) is 67.2 Å². The molecule has 0 spiro atoms. The van der Waals surface area contributed by atoms with Crippen molar-refractivity contribution in [2.75, 3.05) is 38.2 Å². The maximum atomic E-state index is 12.8. The summed E-state index contributed by atoms with van der Waals surface area (Å²) in [6.45, 7) is 6.27. The summed E-state index contributed by atoms with van der Waals surface area (Å²) < 4.78 is 11.5. The number of guanidine groups is 1. The molecule has 32 heavy (non-hydrogen) atoms. The second-order valence-corrected chi connectivity index (χ2v) is 8.09. The lowest BCUT2D eigenvalue weighted by Gasteiger charge is -2.26. The van der Waals surface area contributed by atoms with Gasteiger partial charge in [0.05, 0.1) is 19.8 Å². The number of amides is 1. The molecule has 0 aliphatic carbocycles. The number of hydrogen-bond donors (Lipinski definition) is 2. The highest BCUT2D eigenvalue weighted by Gasteiger charge is 2.18. The molecular weight excluding hydrogens is 404 g/mol. The predicted molar refractivity (Wildman–Crippen MR) is 127 cm³/mol. The number of piperidine rings is 1. The molecule has 0 bridgehead atoms. The smallest absolute Gasteiger partial charge is 0.253 e. The zero-order valence-electron chi connectivity index (χ0n) is 18.7. The van der Waals surface area contributed by atoms with Crippen molar-refractivity contribution in [1.82, 2.24) is 10.2 Å². The number of benzene rings is 2. The molecule has 7 nitrogen and oxygen atoms in total. The summed E-state index contributed by atoms with van der Waals surface area (Å²) in [4.78, 5) is 19.5. The molecule has 2 aromatic rings. The third-order valence-corrected chi connectivity index (χ3v) is 5.59. The van der Waals surface area contributed by atoms with Crippen LogP contribution in [0, 0.1) is 0 Å². The maximum absolute atomic E-state index is 12.8. The van der Waals surface area contributed by atoms with Gasteiger partial charge in [-0.25, -0.2) is 4.99 Å². The summed E-state index contributed by atoms with van der Waals surface area (Å²) in [6.07, 6.45) is 4.27. The zero-order chi connectivity index (χ0) is 22.2. The quantitative estimate of drug-likeness (QED) is 0.546. The minimum absolute atomic E-state index is 0.118. The Morgan fingerprint density at radius 3 is 2.62 bits per heavy atom. The number of carbonyl (C=O) groups excluding carboxylic acids is 1. The zero-order valence-corrected chi connectivity index (χ0v) is 18.7. The number of fused-ring (bicyclic) bond motifs is 1. The average molecular weight is 437 g/mol. The number of likely N-dealkylation sites (tertiary alicyclic amines) is 1. The fraction of sp³-hybridized carbons (Fsp3) is 0.440. The Morgan fingerprint density at radius 1 is 1.00 bits per heavy atom. The van der Waals surface area contributed by atoms with Crippen molar-refractivity contribution >= 4 is 17.6 Å². The van der Waals surface area contributed by atoms with Gasteiger partial charge in [0.1, 0.15) is 0 Å². The number of hydrogen-bond acceptors (Lipinski definition) is 4. The standard InChI is InChI=1S/C25H32N4O3/c1-2-26-25(28-21-10-11-22-23(17-21)32-15-7-14-31-22)27-18-19-8-6-9-20(16-19)24(30)29-12-4-3-5-13-29/h6,8-11,16-17H,2-5,7,12-15,18H2,1H3,(H2,26,27,28). The SMILES string of the molecule is CCNC(=NCc1cccc(C(=O)N2CCCCC2)c1)Nc1ccc2c(c1)OCCCO2. The highest BCUT2D eigenvalue weighted by Crippen LogP contribution is 2.32. The first-order valence-corrected chi connectivity index (χ1v) is 11.6. The lowest BCUT2D eigenvalue weighted by Crippen LogP contribution is -2.35. The Bertz CT molecular complexity index is 954. The third-order valence-electron chi connectivity index (χ3n) is 5.59. The van der Waals surface area contributed by atoms with Crippen LogP contribution in [-0.4, -0.2) is 49.6 Å². The minimum Gasteiger partial charge on any atom is -0.490 e. The van der Waals surface area contributed by atoms with E-state index in [-0.39, 0.29) is 5.91 Å². The highest BCUT2D eigenvalue weighted by molar-refractivity contribution is 5.95. The molecule has 0 aromatic heterocycles.